The van der Waals surface area contributed by atoms with Gasteiger partial charge in [0.05, 0.1) is 5.69 Å². The topological polar surface area (TPSA) is 34.9 Å². The number of carbonyl (C=O) groups is 1. The smallest absolute Gasteiger partial charge is 0.185 e. The highest BCUT2D eigenvalue weighted by Gasteiger charge is 2.02. The van der Waals surface area contributed by atoms with Gasteiger partial charge in [-0.2, -0.15) is 5.10 Å². The van der Waals surface area contributed by atoms with E-state index >= 15 is 0 Å². The largest absolute Gasteiger partial charge is 0.289 e. The van der Waals surface area contributed by atoms with Gasteiger partial charge >= 0.3 is 0 Å². The van der Waals surface area contributed by atoms with Gasteiger partial charge in [0.1, 0.15) is 0 Å². The highest BCUT2D eigenvalue weighted by molar-refractivity contribution is 6.06. The Morgan fingerprint density at radius 2 is 2.00 bits per heavy atom. The van der Waals surface area contributed by atoms with Crippen molar-refractivity contribution in [1.29, 1.82) is 0 Å². The van der Waals surface area contributed by atoms with Crippen molar-refractivity contribution < 1.29 is 4.79 Å². The number of benzene rings is 1. The molecule has 0 aliphatic heterocycles. The second kappa shape index (κ2) is 4.78. The number of allylic oxidation sites excluding steroid dienone is 1. The zero-order valence-electron chi connectivity index (χ0n) is 9.92. The number of aryl methyl sites for hydroxylation is 2. The first-order valence-corrected chi connectivity index (χ1v) is 5.44. The summed E-state index contributed by atoms with van der Waals surface area (Å²) in [7, 11) is 1.86. The normalized spacial score (nSPS) is 10.9. The molecule has 2 aromatic rings. The Hall–Kier alpha value is -2.16. The summed E-state index contributed by atoms with van der Waals surface area (Å²) in [5.41, 5.74) is 2.59. The van der Waals surface area contributed by atoms with Crippen molar-refractivity contribution in [2.75, 3.05) is 0 Å². The summed E-state index contributed by atoms with van der Waals surface area (Å²) in [4.78, 5) is 11.8. The van der Waals surface area contributed by atoms with Crippen molar-refractivity contribution in [2.45, 2.75) is 6.92 Å². The number of ketones is 1. The molecule has 0 saturated carbocycles. The first kappa shape index (κ1) is 11.3. The lowest BCUT2D eigenvalue weighted by molar-refractivity contribution is 0.104. The predicted molar refractivity (Wildman–Crippen MR) is 67.8 cm³/mol. The lowest BCUT2D eigenvalue weighted by Gasteiger charge is -1.93. The van der Waals surface area contributed by atoms with Crippen LogP contribution in [0, 0.1) is 6.92 Å². The minimum Gasteiger partial charge on any atom is -0.289 e. The van der Waals surface area contributed by atoms with E-state index in [-0.39, 0.29) is 5.78 Å². The van der Waals surface area contributed by atoms with Crippen LogP contribution < -0.4 is 0 Å². The number of aromatic nitrogens is 2. The summed E-state index contributed by atoms with van der Waals surface area (Å²) in [5.74, 6) is 0.00820. The molecule has 0 atom stereocenters. The lowest BCUT2D eigenvalue weighted by atomic mass is 10.1. The molecular formula is C14H14N2O. The van der Waals surface area contributed by atoms with E-state index in [9.17, 15) is 4.79 Å². The molecule has 1 heterocycles. The summed E-state index contributed by atoms with van der Waals surface area (Å²) < 4.78 is 1.74. The molecule has 0 spiro atoms. The molecule has 0 amide bonds. The number of nitrogens with zero attached hydrogens (tertiary/aromatic N) is 2. The summed E-state index contributed by atoms with van der Waals surface area (Å²) >= 11 is 0. The summed E-state index contributed by atoms with van der Waals surface area (Å²) in [5, 5.41) is 4.22. The molecular weight excluding hydrogens is 212 g/mol. The Morgan fingerprint density at radius 3 is 2.59 bits per heavy atom. The minimum atomic E-state index is 0.00820. The van der Waals surface area contributed by atoms with Gasteiger partial charge in [-0.25, -0.2) is 0 Å². The van der Waals surface area contributed by atoms with E-state index in [4.69, 9.17) is 0 Å². The second-order valence-electron chi connectivity index (χ2n) is 3.91. The lowest BCUT2D eigenvalue weighted by Crippen LogP contribution is -1.92. The van der Waals surface area contributed by atoms with Crippen molar-refractivity contribution in [3.8, 4) is 0 Å². The molecule has 1 aromatic heterocycles. The van der Waals surface area contributed by atoms with Gasteiger partial charge in [-0.15, -0.1) is 0 Å². The monoisotopic (exact) mass is 226 g/mol. The molecule has 1 aromatic carbocycles. The molecule has 0 fully saturated rings. The fraction of sp³-hybridized carbons (Fsp3) is 0.143. The number of carbonyl (C=O) groups excluding carboxylic acids is 1. The average Bonchev–Trinajstić information content (AvgIpc) is 2.66. The van der Waals surface area contributed by atoms with Crippen molar-refractivity contribution in [1.82, 2.24) is 9.78 Å². The molecule has 0 saturated heterocycles. The SMILES string of the molecule is Cc1nn(C)cc1/C=C/C(=O)c1ccccc1. The van der Waals surface area contributed by atoms with E-state index in [2.05, 4.69) is 5.10 Å². The number of hydrogen-bond acceptors (Lipinski definition) is 2. The van der Waals surface area contributed by atoms with Crippen LogP contribution in [0.3, 0.4) is 0 Å². The molecule has 0 N–H and O–H groups in total. The van der Waals surface area contributed by atoms with Crippen LogP contribution >= 0.6 is 0 Å². The predicted octanol–water partition coefficient (Wildman–Crippen LogP) is 2.62. The zero-order chi connectivity index (χ0) is 12.3. The second-order valence-corrected chi connectivity index (χ2v) is 3.91. The molecule has 17 heavy (non-hydrogen) atoms. The summed E-state index contributed by atoms with van der Waals surface area (Å²) in [6.45, 7) is 1.92. The fourth-order valence-corrected chi connectivity index (χ4v) is 1.65. The Labute approximate surface area is 100 Å². The molecule has 0 radical (unpaired) electrons. The van der Waals surface area contributed by atoms with E-state index in [1.165, 1.54) is 0 Å². The van der Waals surface area contributed by atoms with Gasteiger partial charge in [-0.3, -0.25) is 9.48 Å². The van der Waals surface area contributed by atoms with Crippen LogP contribution in [0.15, 0.2) is 42.6 Å². The average molecular weight is 226 g/mol. The van der Waals surface area contributed by atoms with Crippen LogP contribution in [0.5, 0.6) is 0 Å². The van der Waals surface area contributed by atoms with Gasteiger partial charge in [-0.1, -0.05) is 30.3 Å². The van der Waals surface area contributed by atoms with Gasteiger partial charge in [0.15, 0.2) is 5.78 Å². The minimum absolute atomic E-state index is 0.00820. The Balaban J connectivity index is 2.17. The summed E-state index contributed by atoms with van der Waals surface area (Å²) in [6, 6.07) is 9.23. The van der Waals surface area contributed by atoms with E-state index in [0.717, 1.165) is 11.3 Å². The van der Waals surface area contributed by atoms with E-state index < -0.39 is 0 Å². The molecule has 3 heteroatoms. The fourth-order valence-electron chi connectivity index (χ4n) is 1.65. The van der Waals surface area contributed by atoms with Crippen LogP contribution in [0.4, 0.5) is 0 Å². The van der Waals surface area contributed by atoms with Gasteiger partial charge < -0.3 is 0 Å². The third-order valence-electron chi connectivity index (χ3n) is 2.52. The third-order valence-corrected chi connectivity index (χ3v) is 2.52. The zero-order valence-corrected chi connectivity index (χ0v) is 9.92. The van der Waals surface area contributed by atoms with E-state index in [1.807, 2.05) is 50.5 Å². The van der Waals surface area contributed by atoms with Gasteiger partial charge in [-0.05, 0) is 19.1 Å². The first-order chi connectivity index (χ1) is 8.16. The third kappa shape index (κ3) is 2.69. The maximum Gasteiger partial charge on any atom is 0.185 e. The van der Waals surface area contributed by atoms with Crippen LogP contribution in [0.1, 0.15) is 21.6 Å². The molecule has 0 aliphatic carbocycles. The Bertz CT molecular complexity index is 553. The van der Waals surface area contributed by atoms with Crippen LogP contribution in [0.25, 0.3) is 6.08 Å². The van der Waals surface area contributed by atoms with Crippen molar-refractivity contribution in [3.05, 3.63) is 59.4 Å². The molecule has 86 valence electrons. The Morgan fingerprint density at radius 1 is 1.29 bits per heavy atom. The number of rotatable bonds is 3. The molecule has 0 unspecified atom stereocenters. The van der Waals surface area contributed by atoms with Gasteiger partial charge in [0.2, 0.25) is 0 Å². The maximum atomic E-state index is 11.8. The van der Waals surface area contributed by atoms with E-state index in [1.54, 1.807) is 16.8 Å². The molecule has 0 bridgehead atoms. The van der Waals surface area contributed by atoms with Crippen molar-refractivity contribution in [2.24, 2.45) is 7.05 Å². The van der Waals surface area contributed by atoms with Crippen molar-refractivity contribution in [3.63, 3.8) is 0 Å². The van der Waals surface area contributed by atoms with Crippen LogP contribution in [-0.2, 0) is 7.05 Å². The maximum absolute atomic E-state index is 11.8. The Kier molecular flexibility index (Phi) is 3.19. The highest BCUT2D eigenvalue weighted by Crippen LogP contribution is 2.08. The molecule has 3 nitrogen and oxygen atoms in total. The first-order valence-electron chi connectivity index (χ1n) is 5.44. The van der Waals surface area contributed by atoms with Crippen LogP contribution in [0.2, 0.25) is 0 Å². The molecule has 0 aliphatic rings. The quantitative estimate of drug-likeness (QED) is 0.595. The number of hydrogen-bond donors (Lipinski definition) is 0. The highest BCUT2D eigenvalue weighted by atomic mass is 16.1. The van der Waals surface area contributed by atoms with Gasteiger partial charge in [0, 0.05) is 24.4 Å². The van der Waals surface area contributed by atoms with Gasteiger partial charge in [0.25, 0.3) is 0 Å². The van der Waals surface area contributed by atoms with E-state index in [0.29, 0.717) is 5.56 Å². The summed E-state index contributed by atoms with van der Waals surface area (Å²) in [6.07, 6.45) is 5.28. The standard InChI is InChI=1S/C14H14N2O/c1-11-13(10-16(2)15-11)8-9-14(17)12-6-4-3-5-7-12/h3-10H,1-2H3/b9-8+. The van der Waals surface area contributed by atoms with Crippen molar-refractivity contribution >= 4 is 11.9 Å². The van der Waals surface area contributed by atoms with Crippen LogP contribution in [-0.4, -0.2) is 15.6 Å². The molecule has 2 rings (SSSR count).